The van der Waals surface area contributed by atoms with Crippen molar-refractivity contribution in [3.05, 3.63) is 0 Å². The van der Waals surface area contributed by atoms with Gasteiger partial charge < -0.3 is 4.74 Å². The predicted octanol–water partition coefficient (Wildman–Crippen LogP) is 1.71. The molecule has 2 unspecified atom stereocenters. The van der Waals surface area contributed by atoms with Crippen LogP contribution in [0.5, 0.6) is 0 Å². The van der Waals surface area contributed by atoms with Crippen LogP contribution in [0.4, 0.5) is 0 Å². The van der Waals surface area contributed by atoms with E-state index in [-0.39, 0.29) is 17.1 Å². The van der Waals surface area contributed by atoms with Gasteiger partial charge in [-0.25, -0.2) is 0 Å². The second-order valence-electron chi connectivity index (χ2n) is 3.98. The fourth-order valence-electron chi connectivity index (χ4n) is 0.930. The van der Waals surface area contributed by atoms with Crippen LogP contribution in [0, 0.1) is 16.7 Å². The molecular formula is C8H13NO. The van der Waals surface area contributed by atoms with E-state index in [1.165, 1.54) is 0 Å². The zero-order valence-electron chi connectivity index (χ0n) is 6.93. The second-order valence-corrected chi connectivity index (χ2v) is 3.98. The molecule has 0 radical (unpaired) electrons. The van der Waals surface area contributed by atoms with Crippen LogP contribution in [0.3, 0.4) is 0 Å². The van der Waals surface area contributed by atoms with Gasteiger partial charge in [0.1, 0.15) is 5.60 Å². The molecule has 10 heavy (non-hydrogen) atoms. The van der Waals surface area contributed by atoms with Gasteiger partial charge in [-0.15, -0.1) is 0 Å². The number of nitriles is 1. The third-order valence-corrected chi connectivity index (χ3v) is 2.41. The quantitative estimate of drug-likeness (QED) is 0.479. The van der Waals surface area contributed by atoms with E-state index in [0.717, 1.165) is 0 Å². The summed E-state index contributed by atoms with van der Waals surface area (Å²) >= 11 is 0. The van der Waals surface area contributed by atoms with Crippen LogP contribution in [0.2, 0.25) is 0 Å². The predicted molar refractivity (Wildman–Crippen MR) is 38.3 cm³/mol. The Labute approximate surface area is 61.8 Å². The van der Waals surface area contributed by atoms with E-state index in [4.69, 9.17) is 10.00 Å². The molecular weight excluding hydrogens is 126 g/mol. The van der Waals surface area contributed by atoms with Crippen molar-refractivity contribution in [3.63, 3.8) is 0 Å². The lowest BCUT2D eigenvalue weighted by Crippen LogP contribution is -2.28. The maximum atomic E-state index is 8.53. The molecule has 0 spiro atoms. The molecule has 2 atom stereocenters. The van der Waals surface area contributed by atoms with Crippen molar-refractivity contribution >= 4 is 0 Å². The Morgan fingerprint density at radius 2 is 2.00 bits per heavy atom. The molecule has 1 aliphatic heterocycles. The Kier molecular flexibility index (Phi) is 1.31. The number of hydrogen-bond donors (Lipinski definition) is 0. The number of rotatable bonds is 0. The first-order chi connectivity index (χ1) is 4.42. The van der Waals surface area contributed by atoms with Crippen molar-refractivity contribution < 1.29 is 4.74 Å². The van der Waals surface area contributed by atoms with Gasteiger partial charge >= 0.3 is 0 Å². The molecule has 0 saturated carbocycles. The normalized spacial score (nSPS) is 38.9. The van der Waals surface area contributed by atoms with Gasteiger partial charge in [0.05, 0.1) is 6.07 Å². The summed E-state index contributed by atoms with van der Waals surface area (Å²) in [7, 11) is 0. The highest BCUT2D eigenvalue weighted by Gasteiger charge is 2.60. The van der Waals surface area contributed by atoms with E-state index in [9.17, 15) is 0 Å². The SMILES string of the molecule is CC(C)(C)C1(C)OC1C#N. The Morgan fingerprint density at radius 1 is 1.50 bits per heavy atom. The summed E-state index contributed by atoms with van der Waals surface area (Å²) in [5, 5.41) is 8.53. The van der Waals surface area contributed by atoms with Crippen LogP contribution in [0.1, 0.15) is 27.7 Å². The third kappa shape index (κ3) is 0.819. The molecule has 1 aliphatic rings. The summed E-state index contributed by atoms with van der Waals surface area (Å²) in [4.78, 5) is 0. The minimum absolute atomic E-state index is 0.0768. The van der Waals surface area contributed by atoms with Crippen LogP contribution < -0.4 is 0 Å². The second kappa shape index (κ2) is 1.73. The topological polar surface area (TPSA) is 36.3 Å². The molecule has 0 aliphatic carbocycles. The number of hydrogen-bond acceptors (Lipinski definition) is 2. The number of nitrogens with zero attached hydrogens (tertiary/aromatic N) is 1. The molecule has 1 saturated heterocycles. The van der Waals surface area contributed by atoms with Crippen LogP contribution in [-0.2, 0) is 4.74 Å². The van der Waals surface area contributed by atoms with Gasteiger partial charge in [0.2, 0.25) is 0 Å². The zero-order valence-corrected chi connectivity index (χ0v) is 6.93. The van der Waals surface area contributed by atoms with Crippen molar-refractivity contribution in [2.45, 2.75) is 39.4 Å². The van der Waals surface area contributed by atoms with E-state index in [1.807, 2.05) is 6.92 Å². The van der Waals surface area contributed by atoms with Crippen LogP contribution >= 0.6 is 0 Å². The molecule has 56 valence electrons. The molecule has 0 N–H and O–H groups in total. The number of ether oxygens (including phenoxy) is 1. The average Bonchev–Trinajstić information content (AvgIpc) is 2.41. The summed E-state index contributed by atoms with van der Waals surface area (Å²) in [5.74, 6) is 0. The van der Waals surface area contributed by atoms with E-state index in [0.29, 0.717) is 0 Å². The van der Waals surface area contributed by atoms with Crippen LogP contribution in [-0.4, -0.2) is 11.7 Å². The fraction of sp³-hybridized carbons (Fsp3) is 0.875. The first kappa shape index (κ1) is 7.56. The maximum absolute atomic E-state index is 8.53. The lowest BCUT2D eigenvalue weighted by Gasteiger charge is -2.23. The maximum Gasteiger partial charge on any atom is 0.173 e. The van der Waals surface area contributed by atoms with Crippen LogP contribution in [0.25, 0.3) is 0 Å². The standard InChI is InChI=1S/C8H13NO/c1-7(2,3)8(4)6(5-9)10-8/h6H,1-4H3. The Morgan fingerprint density at radius 3 is 2.10 bits per heavy atom. The van der Waals surface area contributed by atoms with Crippen molar-refractivity contribution in [1.29, 1.82) is 5.26 Å². The molecule has 1 fully saturated rings. The van der Waals surface area contributed by atoms with Gasteiger partial charge in [0.15, 0.2) is 6.10 Å². The van der Waals surface area contributed by atoms with Gasteiger partial charge in [-0.2, -0.15) is 5.26 Å². The lowest BCUT2D eigenvalue weighted by atomic mass is 9.80. The molecule has 0 aromatic carbocycles. The summed E-state index contributed by atoms with van der Waals surface area (Å²) in [5.41, 5.74) is -0.130. The summed E-state index contributed by atoms with van der Waals surface area (Å²) in [6.45, 7) is 8.25. The highest BCUT2D eigenvalue weighted by Crippen LogP contribution is 2.49. The van der Waals surface area contributed by atoms with E-state index in [2.05, 4.69) is 26.8 Å². The van der Waals surface area contributed by atoms with E-state index in [1.54, 1.807) is 0 Å². The highest BCUT2D eigenvalue weighted by atomic mass is 16.6. The van der Waals surface area contributed by atoms with Crippen molar-refractivity contribution in [2.75, 3.05) is 0 Å². The van der Waals surface area contributed by atoms with Gasteiger partial charge in [0.25, 0.3) is 0 Å². The molecule has 2 heteroatoms. The summed E-state index contributed by atoms with van der Waals surface area (Å²) < 4.78 is 5.26. The van der Waals surface area contributed by atoms with Crippen molar-refractivity contribution in [1.82, 2.24) is 0 Å². The first-order valence-corrected chi connectivity index (χ1v) is 3.49. The minimum atomic E-state index is -0.207. The molecule has 0 aromatic heterocycles. The van der Waals surface area contributed by atoms with Crippen molar-refractivity contribution in [3.8, 4) is 6.07 Å². The largest absolute Gasteiger partial charge is 0.350 e. The molecule has 0 bridgehead atoms. The fourth-order valence-corrected chi connectivity index (χ4v) is 0.930. The summed E-state index contributed by atoms with van der Waals surface area (Å²) in [6.07, 6.45) is -0.188. The monoisotopic (exact) mass is 139 g/mol. The van der Waals surface area contributed by atoms with Gasteiger partial charge in [-0.3, -0.25) is 0 Å². The van der Waals surface area contributed by atoms with Crippen LogP contribution in [0.15, 0.2) is 0 Å². The molecule has 1 rings (SSSR count). The zero-order chi connectivity index (χ0) is 7.99. The van der Waals surface area contributed by atoms with Gasteiger partial charge in [0, 0.05) is 0 Å². The Bertz CT molecular complexity index is 186. The Hall–Kier alpha value is -0.550. The highest BCUT2D eigenvalue weighted by molar-refractivity contribution is 5.16. The molecule has 2 nitrogen and oxygen atoms in total. The van der Waals surface area contributed by atoms with Gasteiger partial charge in [-0.05, 0) is 12.3 Å². The number of epoxide rings is 1. The third-order valence-electron chi connectivity index (χ3n) is 2.41. The van der Waals surface area contributed by atoms with E-state index < -0.39 is 0 Å². The molecule has 0 aromatic rings. The van der Waals surface area contributed by atoms with Gasteiger partial charge in [-0.1, -0.05) is 20.8 Å². The molecule has 1 heterocycles. The first-order valence-electron chi connectivity index (χ1n) is 3.49. The average molecular weight is 139 g/mol. The van der Waals surface area contributed by atoms with E-state index >= 15 is 0 Å². The smallest absolute Gasteiger partial charge is 0.173 e. The summed E-state index contributed by atoms with van der Waals surface area (Å²) in [6, 6.07) is 2.11. The minimum Gasteiger partial charge on any atom is -0.350 e. The molecule has 0 amide bonds. The lowest BCUT2D eigenvalue weighted by molar-refractivity contribution is 0.173. The Balaban J connectivity index is 2.70. The van der Waals surface area contributed by atoms with Crippen molar-refractivity contribution in [2.24, 2.45) is 5.41 Å².